The third-order valence-corrected chi connectivity index (χ3v) is 5.55. The van der Waals surface area contributed by atoms with Crippen LogP contribution in [0.3, 0.4) is 0 Å². The Morgan fingerprint density at radius 3 is 1.72 bits per heavy atom. The summed E-state index contributed by atoms with van der Waals surface area (Å²) in [4.78, 5) is 39.1. The fourth-order valence-corrected chi connectivity index (χ4v) is 3.92. The SMILES string of the molecule is CCOCC.O=C1c2ccccc2C(=O)C1C(=O)C(c1ccccc1)c1ccc(Cl)cc1. The first-order chi connectivity index (χ1) is 15.5. The number of ketones is 3. The molecular formula is C27H25ClO4. The van der Waals surface area contributed by atoms with Gasteiger partial charge in [0.25, 0.3) is 0 Å². The molecule has 0 aromatic heterocycles. The highest BCUT2D eigenvalue weighted by Gasteiger charge is 2.45. The van der Waals surface area contributed by atoms with Crippen LogP contribution in [0.15, 0.2) is 78.9 Å². The molecule has 1 aliphatic carbocycles. The van der Waals surface area contributed by atoms with Gasteiger partial charge in [0.2, 0.25) is 0 Å². The lowest BCUT2D eigenvalue weighted by Crippen LogP contribution is -2.31. The zero-order chi connectivity index (χ0) is 23.1. The van der Waals surface area contributed by atoms with Crippen LogP contribution < -0.4 is 0 Å². The molecule has 4 rings (SSSR count). The Labute approximate surface area is 193 Å². The van der Waals surface area contributed by atoms with Gasteiger partial charge < -0.3 is 4.74 Å². The second kappa shape index (κ2) is 11.0. The summed E-state index contributed by atoms with van der Waals surface area (Å²) in [5.41, 5.74) is 2.08. The minimum Gasteiger partial charge on any atom is -0.382 e. The topological polar surface area (TPSA) is 60.4 Å². The molecule has 32 heavy (non-hydrogen) atoms. The maximum atomic E-state index is 13.4. The molecule has 4 nitrogen and oxygen atoms in total. The maximum Gasteiger partial charge on any atom is 0.181 e. The molecule has 0 bridgehead atoms. The van der Waals surface area contributed by atoms with Crippen molar-refractivity contribution in [3.8, 4) is 0 Å². The summed E-state index contributed by atoms with van der Waals surface area (Å²) >= 11 is 5.98. The number of Topliss-reactive ketones (excluding diaryl/α,β-unsaturated/α-hetero) is 3. The third kappa shape index (κ3) is 5.04. The minimum atomic E-state index is -1.30. The van der Waals surface area contributed by atoms with Crippen molar-refractivity contribution in [2.45, 2.75) is 19.8 Å². The number of carbonyl (C=O) groups is 3. The highest BCUT2D eigenvalue weighted by molar-refractivity contribution is 6.36. The molecule has 0 saturated heterocycles. The Balaban J connectivity index is 0.000000523. The van der Waals surface area contributed by atoms with Gasteiger partial charge in [-0.15, -0.1) is 0 Å². The van der Waals surface area contributed by atoms with Crippen molar-refractivity contribution in [2.75, 3.05) is 13.2 Å². The Morgan fingerprint density at radius 1 is 0.781 bits per heavy atom. The standard InChI is InChI=1S/C23H15ClO3.C4H10O/c24-16-12-10-15(11-13-16)19(14-6-2-1-3-7-14)23(27)20-21(25)17-8-4-5-9-18(17)22(20)26;1-3-5-4-2/h1-13,19-20H;3-4H2,1-2H3. The van der Waals surface area contributed by atoms with Crippen molar-refractivity contribution in [2.24, 2.45) is 5.92 Å². The van der Waals surface area contributed by atoms with Gasteiger partial charge in [0, 0.05) is 29.4 Å². The van der Waals surface area contributed by atoms with Gasteiger partial charge in [0.1, 0.15) is 5.92 Å². The molecule has 5 heteroatoms. The number of hydrogen-bond acceptors (Lipinski definition) is 4. The van der Waals surface area contributed by atoms with Gasteiger partial charge >= 0.3 is 0 Å². The molecule has 1 atom stereocenters. The minimum absolute atomic E-state index is 0.323. The van der Waals surface area contributed by atoms with E-state index >= 15 is 0 Å². The van der Waals surface area contributed by atoms with E-state index in [1.165, 1.54) is 0 Å². The molecule has 0 aliphatic heterocycles. The Bertz CT molecular complexity index is 1050. The monoisotopic (exact) mass is 448 g/mol. The number of hydrogen-bond donors (Lipinski definition) is 0. The van der Waals surface area contributed by atoms with Crippen molar-refractivity contribution in [3.05, 3.63) is 106 Å². The van der Waals surface area contributed by atoms with Crippen LogP contribution in [0.25, 0.3) is 0 Å². The summed E-state index contributed by atoms with van der Waals surface area (Å²) in [6, 6.07) is 22.7. The highest BCUT2D eigenvalue weighted by atomic mass is 35.5. The lowest BCUT2D eigenvalue weighted by atomic mass is 9.80. The van der Waals surface area contributed by atoms with E-state index in [2.05, 4.69) is 0 Å². The van der Waals surface area contributed by atoms with Gasteiger partial charge in [0.05, 0.1) is 5.92 Å². The first-order valence-electron chi connectivity index (χ1n) is 10.6. The van der Waals surface area contributed by atoms with Gasteiger partial charge in [0.15, 0.2) is 17.3 Å². The van der Waals surface area contributed by atoms with Crippen molar-refractivity contribution in [1.29, 1.82) is 0 Å². The number of rotatable bonds is 6. The van der Waals surface area contributed by atoms with Crippen LogP contribution in [0.2, 0.25) is 5.02 Å². The van der Waals surface area contributed by atoms with Crippen molar-refractivity contribution >= 4 is 29.0 Å². The normalized spacial score (nSPS) is 13.8. The van der Waals surface area contributed by atoms with Crippen LogP contribution >= 0.6 is 11.6 Å². The summed E-state index contributed by atoms with van der Waals surface area (Å²) in [6.45, 7) is 5.67. The van der Waals surface area contributed by atoms with Gasteiger partial charge in [-0.2, -0.15) is 0 Å². The molecular weight excluding hydrogens is 424 g/mol. The van der Waals surface area contributed by atoms with E-state index in [4.69, 9.17) is 16.3 Å². The fourth-order valence-electron chi connectivity index (χ4n) is 3.79. The molecule has 3 aromatic carbocycles. The largest absolute Gasteiger partial charge is 0.382 e. The van der Waals surface area contributed by atoms with Crippen molar-refractivity contribution in [3.63, 3.8) is 0 Å². The number of halogens is 1. The van der Waals surface area contributed by atoms with Crippen LogP contribution in [0.1, 0.15) is 51.6 Å². The average Bonchev–Trinajstić information content (AvgIpc) is 3.07. The fraction of sp³-hybridized carbons (Fsp3) is 0.222. The van der Waals surface area contributed by atoms with Crippen LogP contribution in [0, 0.1) is 5.92 Å². The molecule has 0 amide bonds. The lowest BCUT2D eigenvalue weighted by Gasteiger charge is -2.19. The van der Waals surface area contributed by atoms with Gasteiger partial charge in [-0.1, -0.05) is 78.3 Å². The number of benzene rings is 3. The molecule has 164 valence electrons. The Kier molecular flexibility index (Phi) is 8.09. The van der Waals surface area contributed by atoms with Crippen LogP contribution in [-0.2, 0) is 9.53 Å². The lowest BCUT2D eigenvalue weighted by molar-refractivity contribution is -0.120. The third-order valence-electron chi connectivity index (χ3n) is 5.30. The van der Waals surface area contributed by atoms with E-state index in [1.807, 2.05) is 44.2 Å². The molecule has 0 radical (unpaired) electrons. The van der Waals surface area contributed by atoms with Crippen LogP contribution in [0.4, 0.5) is 0 Å². The van der Waals surface area contributed by atoms with Crippen molar-refractivity contribution < 1.29 is 19.1 Å². The summed E-state index contributed by atoms with van der Waals surface area (Å²) in [7, 11) is 0. The summed E-state index contributed by atoms with van der Waals surface area (Å²) < 4.78 is 4.83. The van der Waals surface area contributed by atoms with E-state index in [-0.39, 0.29) is 0 Å². The van der Waals surface area contributed by atoms with Crippen LogP contribution in [-0.4, -0.2) is 30.6 Å². The quantitative estimate of drug-likeness (QED) is 0.448. The molecule has 3 aromatic rings. The maximum absolute atomic E-state index is 13.4. The van der Waals surface area contributed by atoms with E-state index in [0.29, 0.717) is 21.7 Å². The number of ether oxygens (including phenoxy) is 1. The van der Waals surface area contributed by atoms with E-state index < -0.39 is 29.2 Å². The Hall–Kier alpha value is -3.08. The molecule has 1 unspecified atom stereocenters. The molecule has 0 N–H and O–H groups in total. The average molecular weight is 449 g/mol. The zero-order valence-corrected chi connectivity index (χ0v) is 18.8. The second-order valence-electron chi connectivity index (χ2n) is 7.29. The highest BCUT2D eigenvalue weighted by Crippen LogP contribution is 2.35. The van der Waals surface area contributed by atoms with E-state index in [9.17, 15) is 14.4 Å². The molecule has 0 saturated carbocycles. The first kappa shape index (κ1) is 23.6. The van der Waals surface area contributed by atoms with Crippen LogP contribution in [0.5, 0.6) is 0 Å². The predicted octanol–water partition coefficient (Wildman–Crippen LogP) is 5.78. The summed E-state index contributed by atoms with van der Waals surface area (Å²) in [5, 5.41) is 0.554. The van der Waals surface area contributed by atoms with E-state index in [0.717, 1.165) is 18.8 Å². The number of fused-ring (bicyclic) bond motifs is 1. The smallest absolute Gasteiger partial charge is 0.181 e. The van der Waals surface area contributed by atoms with Gasteiger partial charge in [-0.05, 0) is 37.1 Å². The van der Waals surface area contributed by atoms with Crippen molar-refractivity contribution in [1.82, 2.24) is 0 Å². The molecule has 0 heterocycles. The first-order valence-corrected chi connectivity index (χ1v) is 11.0. The van der Waals surface area contributed by atoms with Gasteiger partial charge in [-0.3, -0.25) is 14.4 Å². The molecule has 0 fully saturated rings. The van der Waals surface area contributed by atoms with Gasteiger partial charge in [-0.25, -0.2) is 0 Å². The van der Waals surface area contributed by atoms with E-state index in [1.54, 1.807) is 48.5 Å². The predicted molar refractivity (Wildman–Crippen MR) is 126 cm³/mol. The second-order valence-corrected chi connectivity index (χ2v) is 7.72. The number of carbonyl (C=O) groups excluding carboxylic acids is 3. The molecule has 0 spiro atoms. The summed E-state index contributed by atoms with van der Waals surface area (Å²) in [5.74, 6) is -3.26. The summed E-state index contributed by atoms with van der Waals surface area (Å²) in [6.07, 6.45) is 0. The Morgan fingerprint density at radius 2 is 1.25 bits per heavy atom. The molecule has 1 aliphatic rings. The zero-order valence-electron chi connectivity index (χ0n) is 18.1.